The number of nitrogens with one attached hydrogen (secondary N) is 2. The largest absolute Gasteiger partial charge is 0.459 e. The van der Waals surface area contributed by atoms with Crippen molar-refractivity contribution in [1.29, 1.82) is 0 Å². The first-order valence-corrected chi connectivity index (χ1v) is 8.19. The lowest BCUT2D eigenvalue weighted by molar-refractivity contribution is -0.137. The maximum atomic E-state index is 12.8. The van der Waals surface area contributed by atoms with Crippen molar-refractivity contribution in [3.8, 4) is 11.6 Å². The number of rotatable bonds is 4. The van der Waals surface area contributed by atoms with E-state index in [0.29, 0.717) is 5.69 Å². The minimum Gasteiger partial charge on any atom is -0.459 e. The fourth-order valence-corrected chi connectivity index (χ4v) is 2.35. The SMILES string of the molecule is O=C(NC(=S)Nc1cccc(Oc2cc(C(F)(F)F)ccn2)c1)c1ccco1. The van der Waals surface area contributed by atoms with E-state index in [9.17, 15) is 18.0 Å². The predicted octanol–water partition coefficient (Wildman–Crippen LogP) is 4.61. The highest BCUT2D eigenvalue weighted by atomic mass is 32.1. The predicted molar refractivity (Wildman–Crippen MR) is 98.1 cm³/mol. The number of ether oxygens (including phenoxy) is 1. The molecule has 0 radical (unpaired) electrons. The van der Waals surface area contributed by atoms with Crippen molar-refractivity contribution >= 4 is 28.9 Å². The van der Waals surface area contributed by atoms with Crippen molar-refractivity contribution in [2.24, 2.45) is 0 Å². The minimum atomic E-state index is -4.50. The molecule has 10 heteroatoms. The number of thiocarbonyl (C=S) groups is 1. The number of anilines is 1. The number of halogens is 3. The number of carbonyl (C=O) groups excluding carboxylic acids is 1. The number of aromatic nitrogens is 1. The van der Waals surface area contributed by atoms with E-state index in [0.717, 1.165) is 18.3 Å². The first kappa shape index (κ1) is 19.4. The van der Waals surface area contributed by atoms with Crippen molar-refractivity contribution in [3.63, 3.8) is 0 Å². The van der Waals surface area contributed by atoms with Crippen LogP contribution in [-0.2, 0) is 6.18 Å². The Morgan fingerprint density at radius 2 is 1.96 bits per heavy atom. The van der Waals surface area contributed by atoms with Gasteiger partial charge >= 0.3 is 6.18 Å². The van der Waals surface area contributed by atoms with E-state index in [4.69, 9.17) is 21.4 Å². The van der Waals surface area contributed by atoms with Crippen molar-refractivity contribution in [1.82, 2.24) is 10.3 Å². The normalized spacial score (nSPS) is 11.0. The molecule has 2 heterocycles. The summed E-state index contributed by atoms with van der Waals surface area (Å²) in [5.41, 5.74) is -0.414. The summed E-state index contributed by atoms with van der Waals surface area (Å²) in [6.07, 6.45) is -2.13. The zero-order valence-electron chi connectivity index (χ0n) is 14.0. The van der Waals surface area contributed by atoms with Gasteiger partial charge in [-0.25, -0.2) is 4.98 Å². The van der Waals surface area contributed by atoms with Gasteiger partial charge in [-0.05, 0) is 42.5 Å². The molecule has 144 valence electrons. The van der Waals surface area contributed by atoms with Crippen LogP contribution < -0.4 is 15.4 Å². The summed E-state index contributed by atoms with van der Waals surface area (Å²) in [4.78, 5) is 15.6. The third-order valence-electron chi connectivity index (χ3n) is 3.35. The van der Waals surface area contributed by atoms with Crippen LogP contribution in [0.4, 0.5) is 18.9 Å². The fraction of sp³-hybridized carbons (Fsp3) is 0.0556. The van der Waals surface area contributed by atoms with Gasteiger partial charge in [-0.3, -0.25) is 10.1 Å². The van der Waals surface area contributed by atoms with Gasteiger partial charge in [0.2, 0.25) is 5.88 Å². The van der Waals surface area contributed by atoms with Gasteiger partial charge in [0, 0.05) is 24.0 Å². The first-order chi connectivity index (χ1) is 13.3. The summed E-state index contributed by atoms with van der Waals surface area (Å²) < 4.78 is 48.7. The van der Waals surface area contributed by atoms with E-state index < -0.39 is 17.6 Å². The van der Waals surface area contributed by atoms with Gasteiger partial charge in [0.1, 0.15) is 5.75 Å². The molecule has 0 bridgehead atoms. The maximum absolute atomic E-state index is 12.8. The molecule has 6 nitrogen and oxygen atoms in total. The Bertz CT molecular complexity index is 991. The second-order valence-electron chi connectivity index (χ2n) is 5.40. The second kappa shape index (κ2) is 8.09. The zero-order chi connectivity index (χ0) is 20.1. The lowest BCUT2D eigenvalue weighted by atomic mass is 10.2. The van der Waals surface area contributed by atoms with Crippen LogP contribution in [0.2, 0.25) is 0 Å². The average molecular weight is 407 g/mol. The average Bonchev–Trinajstić information content (AvgIpc) is 3.16. The minimum absolute atomic E-state index is 0.00995. The van der Waals surface area contributed by atoms with Crippen molar-refractivity contribution in [2.45, 2.75) is 6.18 Å². The van der Waals surface area contributed by atoms with Crippen LogP contribution >= 0.6 is 12.2 Å². The summed E-state index contributed by atoms with van der Waals surface area (Å²) >= 11 is 5.05. The number of furan rings is 1. The van der Waals surface area contributed by atoms with Crippen LogP contribution in [0, 0.1) is 0 Å². The van der Waals surface area contributed by atoms with Gasteiger partial charge in [0.25, 0.3) is 5.91 Å². The number of alkyl halides is 3. The molecule has 0 saturated heterocycles. The van der Waals surface area contributed by atoms with E-state index in [1.165, 1.54) is 24.5 Å². The zero-order valence-corrected chi connectivity index (χ0v) is 14.8. The number of hydrogen-bond donors (Lipinski definition) is 2. The maximum Gasteiger partial charge on any atom is 0.416 e. The van der Waals surface area contributed by atoms with Gasteiger partial charge in [-0.1, -0.05) is 6.07 Å². The van der Waals surface area contributed by atoms with E-state index in [2.05, 4.69) is 15.6 Å². The molecule has 0 unspecified atom stereocenters. The smallest absolute Gasteiger partial charge is 0.416 e. The van der Waals surface area contributed by atoms with Gasteiger partial charge in [0.15, 0.2) is 10.9 Å². The summed E-state index contributed by atoms with van der Waals surface area (Å²) in [6.45, 7) is 0. The molecule has 2 N–H and O–H groups in total. The van der Waals surface area contributed by atoms with Gasteiger partial charge in [0.05, 0.1) is 11.8 Å². The van der Waals surface area contributed by atoms with Crippen LogP contribution in [-0.4, -0.2) is 16.0 Å². The van der Waals surface area contributed by atoms with Crippen LogP contribution in [0.3, 0.4) is 0 Å². The third kappa shape index (κ3) is 5.07. The number of amides is 1. The number of pyridine rings is 1. The topological polar surface area (TPSA) is 76.4 Å². The van der Waals surface area contributed by atoms with Crippen molar-refractivity contribution < 1.29 is 27.1 Å². The molecule has 0 aliphatic heterocycles. The number of nitrogens with zero attached hydrogens (tertiary/aromatic N) is 1. The lowest BCUT2D eigenvalue weighted by Gasteiger charge is -2.11. The van der Waals surface area contributed by atoms with Crippen LogP contribution in [0.5, 0.6) is 11.6 Å². The quantitative estimate of drug-likeness (QED) is 0.615. The molecular formula is C18H12F3N3O3S. The van der Waals surface area contributed by atoms with E-state index in [-0.39, 0.29) is 22.5 Å². The Labute approximate surface area is 162 Å². The molecule has 0 fully saturated rings. The van der Waals surface area contributed by atoms with E-state index in [1.54, 1.807) is 18.2 Å². The standard InChI is InChI=1S/C18H12F3N3O3S/c19-18(20,21)11-6-7-22-15(9-11)27-13-4-1-3-12(10-13)23-17(28)24-16(25)14-5-2-8-26-14/h1-10H,(H2,23,24,25,28). The van der Waals surface area contributed by atoms with Gasteiger partial charge < -0.3 is 14.5 Å². The highest BCUT2D eigenvalue weighted by molar-refractivity contribution is 7.80. The van der Waals surface area contributed by atoms with Crippen molar-refractivity contribution in [3.05, 3.63) is 72.3 Å². The van der Waals surface area contributed by atoms with Crippen LogP contribution in [0.15, 0.2) is 65.4 Å². The number of carbonyl (C=O) groups is 1. The van der Waals surface area contributed by atoms with E-state index >= 15 is 0 Å². The van der Waals surface area contributed by atoms with Crippen molar-refractivity contribution in [2.75, 3.05) is 5.32 Å². The molecule has 0 spiro atoms. The number of benzene rings is 1. The molecular weight excluding hydrogens is 395 g/mol. The summed E-state index contributed by atoms with van der Waals surface area (Å²) in [7, 11) is 0. The van der Waals surface area contributed by atoms with Gasteiger partial charge in [-0.15, -0.1) is 0 Å². The second-order valence-corrected chi connectivity index (χ2v) is 5.80. The molecule has 0 atom stereocenters. The van der Waals surface area contributed by atoms with Crippen LogP contribution in [0.1, 0.15) is 16.1 Å². The molecule has 3 aromatic rings. The molecule has 2 aromatic heterocycles. The summed E-state index contributed by atoms with van der Waals surface area (Å²) in [5, 5.41) is 5.22. The highest BCUT2D eigenvalue weighted by Crippen LogP contribution is 2.31. The molecule has 1 aromatic carbocycles. The van der Waals surface area contributed by atoms with Gasteiger partial charge in [-0.2, -0.15) is 13.2 Å². The summed E-state index contributed by atoms with van der Waals surface area (Å²) in [5.74, 6) is -0.405. The summed E-state index contributed by atoms with van der Waals surface area (Å²) in [6, 6.07) is 11.0. The fourth-order valence-electron chi connectivity index (χ4n) is 2.13. The molecule has 3 rings (SSSR count). The Morgan fingerprint density at radius 3 is 2.68 bits per heavy atom. The Balaban J connectivity index is 1.66. The Kier molecular flexibility index (Phi) is 5.59. The number of hydrogen-bond acceptors (Lipinski definition) is 5. The molecule has 0 saturated carbocycles. The monoisotopic (exact) mass is 407 g/mol. The first-order valence-electron chi connectivity index (χ1n) is 7.78. The Morgan fingerprint density at radius 1 is 1.14 bits per heavy atom. The molecule has 28 heavy (non-hydrogen) atoms. The molecule has 0 aliphatic carbocycles. The Hall–Kier alpha value is -3.40. The lowest BCUT2D eigenvalue weighted by Crippen LogP contribution is -2.33. The highest BCUT2D eigenvalue weighted by Gasteiger charge is 2.31. The van der Waals surface area contributed by atoms with E-state index in [1.807, 2.05) is 0 Å². The van der Waals surface area contributed by atoms with Crippen LogP contribution in [0.25, 0.3) is 0 Å². The molecule has 1 amide bonds. The third-order valence-corrected chi connectivity index (χ3v) is 3.55. The molecule has 0 aliphatic rings.